The summed E-state index contributed by atoms with van der Waals surface area (Å²) in [7, 11) is 3.13. The van der Waals surface area contributed by atoms with Crippen molar-refractivity contribution in [1.82, 2.24) is 14.8 Å². The maximum atomic E-state index is 12.9. The number of aryl methyl sites for hydroxylation is 1. The Morgan fingerprint density at radius 3 is 2.36 bits per heavy atom. The van der Waals surface area contributed by atoms with Gasteiger partial charge in [0.2, 0.25) is 5.91 Å². The molecule has 0 aliphatic heterocycles. The summed E-state index contributed by atoms with van der Waals surface area (Å²) in [6.45, 7) is 8.80. The average Bonchev–Trinajstić information content (AvgIpc) is 3.33. The quantitative estimate of drug-likeness (QED) is 0.237. The van der Waals surface area contributed by atoms with Crippen LogP contribution >= 0.6 is 11.8 Å². The van der Waals surface area contributed by atoms with E-state index in [-0.39, 0.29) is 23.7 Å². The number of hydrogen-bond acceptors (Lipinski definition) is 7. The molecule has 0 saturated carbocycles. The summed E-state index contributed by atoms with van der Waals surface area (Å²) in [6.07, 6.45) is 0. The van der Waals surface area contributed by atoms with Gasteiger partial charge in [-0.15, -0.1) is 10.2 Å². The van der Waals surface area contributed by atoms with Gasteiger partial charge in [0, 0.05) is 11.8 Å². The van der Waals surface area contributed by atoms with Gasteiger partial charge in [-0.05, 0) is 59.9 Å². The molecule has 1 heterocycles. The van der Waals surface area contributed by atoms with Crippen LogP contribution in [0.25, 0.3) is 5.69 Å². The van der Waals surface area contributed by atoms with Crippen molar-refractivity contribution in [2.45, 2.75) is 44.9 Å². The van der Waals surface area contributed by atoms with Crippen LogP contribution in [0.15, 0.2) is 71.9 Å². The number of methoxy groups -OCH3 is 2. The molecule has 0 aliphatic carbocycles. The Labute approximate surface area is 233 Å². The van der Waals surface area contributed by atoms with Crippen LogP contribution < -0.4 is 19.5 Å². The molecular formula is C30H34N4O4S. The molecule has 0 atom stereocenters. The van der Waals surface area contributed by atoms with Gasteiger partial charge in [0.15, 0.2) is 11.0 Å². The number of aromatic nitrogens is 3. The summed E-state index contributed by atoms with van der Waals surface area (Å²) in [5.74, 6) is 2.48. The first-order valence-electron chi connectivity index (χ1n) is 12.6. The minimum atomic E-state index is -0.206. The first kappa shape index (κ1) is 28.0. The molecule has 0 radical (unpaired) electrons. The van der Waals surface area contributed by atoms with E-state index < -0.39 is 0 Å². The van der Waals surface area contributed by atoms with Crippen molar-refractivity contribution in [3.63, 3.8) is 0 Å². The molecule has 0 saturated heterocycles. The number of carbonyl (C=O) groups excluding carboxylic acids is 1. The highest BCUT2D eigenvalue weighted by molar-refractivity contribution is 7.99. The summed E-state index contributed by atoms with van der Waals surface area (Å²) in [6, 6.07) is 21.4. The number of nitrogens with zero attached hydrogens (tertiary/aromatic N) is 3. The van der Waals surface area contributed by atoms with Crippen molar-refractivity contribution in [3.8, 4) is 22.9 Å². The minimum absolute atomic E-state index is 0.0694. The monoisotopic (exact) mass is 546 g/mol. The molecular weight excluding hydrogens is 512 g/mol. The molecule has 0 unspecified atom stereocenters. The molecule has 1 N–H and O–H groups in total. The lowest BCUT2D eigenvalue weighted by Gasteiger charge is -2.19. The van der Waals surface area contributed by atoms with Crippen molar-refractivity contribution in [2.24, 2.45) is 0 Å². The van der Waals surface area contributed by atoms with E-state index in [0.717, 1.165) is 17.0 Å². The lowest BCUT2D eigenvalue weighted by molar-refractivity contribution is -0.113. The highest BCUT2D eigenvalue weighted by Crippen LogP contribution is 2.30. The summed E-state index contributed by atoms with van der Waals surface area (Å²) in [5, 5.41) is 12.3. The number of ether oxygens (including phenoxy) is 3. The predicted molar refractivity (Wildman–Crippen MR) is 154 cm³/mol. The lowest BCUT2D eigenvalue weighted by atomic mass is 9.87. The third kappa shape index (κ3) is 7.11. The summed E-state index contributed by atoms with van der Waals surface area (Å²) in [5.41, 5.74) is 3.85. The van der Waals surface area contributed by atoms with Crippen molar-refractivity contribution < 1.29 is 19.0 Å². The van der Waals surface area contributed by atoms with Gasteiger partial charge in [-0.25, -0.2) is 0 Å². The Morgan fingerprint density at radius 1 is 0.949 bits per heavy atom. The van der Waals surface area contributed by atoms with Gasteiger partial charge in [-0.1, -0.05) is 56.8 Å². The fourth-order valence-corrected chi connectivity index (χ4v) is 4.71. The fraction of sp³-hybridized carbons (Fsp3) is 0.300. The van der Waals surface area contributed by atoms with E-state index in [1.165, 1.54) is 17.3 Å². The summed E-state index contributed by atoms with van der Waals surface area (Å²) >= 11 is 1.30. The lowest BCUT2D eigenvalue weighted by Crippen LogP contribution is -2.15. The van der Waals surface area contributed by atoms with Crippen LogP contribution in [0.2, 0.25) is 0 Å². The summed E-state index contributed by atoms with van der Waals surface area (Å²) in [4.78, 5) is 12.9. The first-order valence-corrected chi connectivity index (χ1v) is 13.6. The van der Waals surface area contributed by atoms with Crippen molar-refractivity contribution in [3.05, 3.63) is 83.7 Å². The molecule has 0 bridgehead atoms. The second kappa shape index (κ2) is 12.3. The highest BCUT2D eigenvalue weighted by Gasteiger charge is 2.18. The smallest absolute Gasteiger partial charge is 0.234 e. The number of thioether (sulfide) groups is 1. The number of anilines is 1. The molecule has 4 rings (SSSR count). The Balaban J connectivity index is 1.51. The van der Waals surface area contributed by atoms with Gasteiger partial charge >= 0.3 is 0 Å². The van der Waals surface area contributed by atoms with E-state index in [1.54, 1.807) is 32.4 Å². The second-order valence-electron chi connectivity index (χ2n) is 10.0. The Morgan fingerprint density at radius 2 is 1.69 bits per heavy atom. The zero-order valence-corrected chi connectivity index (χ0v) is 24.0. The highest BCUT2D eigenvalue weighted by atomic mass is 32.2. The molecule has 0 aliphatic rings. The Kier molecular flexibility index (Phi) is 8.81. The predicted octanol–water partition coefficient (Wildman–Crippen LogP) is 6.20. The van der Waals surface area contributed by atoms with Crippen LogP contribution in [0.4, 0.5) is 5.69 Å². The van der Waals surface area contributed by atoms with Crippen molar-refractivity contribution >= 4 is 23.4 Å². The minimum Gasteiger partial charge on any atom is -0.497 e. The molecule has 0 spiro atoms. The Bertz CT molecular complexity index is 1430. The fourth-order valence-electron chi connectivity index (χ4n) is 3.94. The van der Waals surface area contributed by atoms with Gasteiger partial charge in [-0.3, -0.25) is 9.36 Å². The topological polar surface area (TPSA) is 87.5 Å². The van der Waals surface area contributed by atoms with E-state index in [2.05, 4.69) is 54.5 Å². The van der Waals surface area contributed by atoms with E-state index >= 15 is 0 Å². The molecule has 3 aromatic carbocycles. The van der Waals surface area contributed by atoms with Crippen LogP contribution in [-0.4, -0.2) is 40.6 Å². The number of nitrogens with one attached hydrogen (secondary N) is 1. The van der Waals surface area contributed by atoms with Crippen molar-refractivity contribution in [2.75, 3.05) is 25.3 Å². The molecule has 1 amide bonds. The number of rotatable bonds is 10. The van der Waals surface area contributed by atoms with Crippen LogP contribution in [-0.2, 0) is 16.8 Å². The van der Waals surface area contributed by atoms with E-state index in [4.69, 9.17) is 14.2 Å². The maximum Gasteiger partial charge on any atom is 0.234 e. The van der Waals surface area contributed by atoms with Crippen LogP contribution in [0, 0.1) is 6.92 Å². The SMILES string of the molecule is COc1ccc(OC)c(NC(=O)CSc2nnc(COc3ccc(C(C)(C)C)cc3)n2-c2cccc(C)c2)c1. The van der Waals surface area contributed by atoms with Crippen molar-refractivity contribution in [1.29, 1.82) is 0 Å². The molecule has 4 aromatic rings. The normalized spacial score (nSPS) is 11.2. The largest absolute Gasteiger partial charge is 0.497 e. The maximum absolute atomic E-state index is 12.9. The first-order chi connectivity index (χ1) is 18.7. The summed E-state index contributed by atoms with van der Waals surface area (Å²) < 4.78 is 18.7. The van der Waals surface area contributed by atoms with E-state index in [1.807, 2.05) is 41.8 Å². The molecule has 204 valence electrons. The van der Waals surface area contributed by atoms with Gasteiger partial charge < -0.3 is 19.5 Å². The third-order valence-electron chi connectivity index (χ3n) is 6.06. The van der Waals surface area contributed by atoms with Crippen LogP contribution in [0.5, 0.6) is 17.2 Å². The van der Waals surface area contributed by atoms with Crippen LogP contribution in [0.1, 0.15) is 37.7 Å². The standard InChI is InChI=1S/C30H34N4O4S/c1-20-8-7-9-22(16-20)34-27(18-38-23-12-10-21(11-13-23)30(2,3)4)32-33-29(34)39-19-28(35)31-25-17-24(36-5)14-15-26(25)37-6/h7-17H,18-19H2,1-6H3,(H,31,35). The van der Waals surface area contributed by atoms with Gasteiger partial charge in [0.1, 0.15) is 23.9 Å². The molecule has 0 fully saturated rings. The Hall–Kier alpha value is -3.98. The molecule has 9 heteroatoms. The number of hydrogen-bond donors (Lipinski definition) is 1. The van der Waals surface area contributed by atoms with Gasteiger partial charge in [0.25, 0.3) is 0 Å². The van der Waals surface area contributed by atoms with Gasteiger partial charge in [-0.2, -0.15) is 0 Å². The molecule has 1 aromatic heterocycles. The number of carbonyl (C=O) groups is 1. The number of benzene rings is 3. The zero-order chi connectivity index (χ0) is 28.0. The third-order valence-corrected chi connectivity index (χ3v) is 6.99. The van der Waals surface area contributed by atoms with E-state index in [9.17, 15) is 4.79 Å². The average molecular weight is 547 g/mol. The second-order valence-corrected chi connectivity index (χ2v) is 11.0. The molecule has 8 nitrogen and oxygen atoms in total. The number of amides is 1. The zero-order valence-electron chi connectivity index (χ0n) is 23.1. The molecule has 39 heavy (non-hydrogen) atoms. The van der Waals surface area contributed by atoms with Crippen LogP contribution in [0.3, 0.4) is 0 Å². The van der Waals surface area contributed by atoms with Gasteiger partial charge in [0.05, 0.1) is 25.7 Å². The van der Waals surface area contributed by atoms with E-state index in [0.29, 0.717) is 28.2 Å².